The minimum Gasteiger partial charge on any atom is -0.310 e. The van der Waals surface area contributed by atoms with Gasteiger partial charge < -0.3 is 13.7 Å². The van der Waals surface area contributed by atoms with Crippen molar-refractivity contribution >= 4 is 88.5 Å². The van der Waals surface area contributed by atoms with E-state index in [1.165, 1.54) is 98.9 Å². The molecule has 12 aromatic rings. The van der Waals surface area contributed by atoms with E-state index in [0.717, 1.165) is 0 Å². The lowest BCUT2D eigenvalue weighted by Gasteiger charge is -2.26. The van der Waals surface area contributed by atoms with Crippen LogP contribution < -0.4 is 16.4 Å². The van der Waals surface area contributed by atoms with Crippen LogP contribution in [0.25, 0.3) is 82.5 Å². The van der Waals surface area contributed by atoms with E-state index in [0.29, 0.717) is 0 Å². The highest BCUT2D eigenvalue weighted by Gasteiger charge is 2.32. The van der Waals surface area contributed by atoms with E-state index < -0.39 is 0 Å². The lowest BCUT2D eigenvalue weighted by atomic mass is 9.35. The molecule has 3 heterocycles. The minimum absolute atomic E-state index is 0.177. The monoisotopic (exact) mass is 737 g/mol. The van der Waals surface area contributed by atoms with E-state index in [9.17, 15) is 0 Å². The van der Waals surface area contributed by atoms with Gasteiger partial charge in [-0.25, -0.2) is 0 Å². The fraction of sp³-hybridized carbons (Fsp3) is 0. The fourth-order valence-corrected chi connectivity index (χ4v) is 9.85. The van der Waals surface area contributed by atoms with Crippen LogP contribution in [0.5, 0.6) is 0 Å². The molecule has 4 heteroatoms. The van der Waals surface area contributed by atoms with Crippen molar-refractivity contribution in [2.24, 2.45) is 0 Å². The predicted octanol–water partition coefficient (Wildman–Crippen LogP) is 11.5. The van der Waals surface area contributed by atoms with Gasteiger partial charge in [0, 0.05) is 49.4 Å². The quantitative estimate of drug-likeness (QED) is 0.151. The lowest BCUT2D eigenvalue weighted by Crippen LogP contribution is -2.55. The molecule has 9 aromatic carbocycles. The summed E-state index contributed by atoms with van der Waals surface area (Å²) in [6, 6.07) is 80.2. The van der Waals surface area contributed by atoms with Crippen LogP contribution in [0.2, 0.25) is 0 Å². The third kappa shape index (κ3) is 4.75. The molecule has 0 spiro atoms. The van der Waals surface area contributed by atoms with Crippen molar-refractivity contribution in [3.63, 3.8) is 0 Å². The Balaban J connectivity index is 1.22. The first-order chi connectivity index (χ1) is 28.8. The topological polar surface area (TPSA) is 14.8 Å². The molecule has 0 aliphatic heterocycles. The van der Waals surface area contributed by atoms with Gasteiger partial charge in [0.25, 0.3) is 0 Å². The minimum atomic E-state index is -0.177. The lowest BCUT2D eigenvalue weighted by molar-refractivity contribution is 1.18. The Morgan fingerprint density at radius 1 is 0.207 bits per heavy atom. The standard InChI is InChI=1S/C54H36BN3/c1-10-28-46-37(19-1)38-20-2-11-29-47(38)56(46)52-34-16-7-25-43(52)55(44-26-8-17-35-53(44)57-48-30-12-3-21-39(48)40-22-4-13-31-49(40)57)45-27-9-18-36-54(45)58-50-32-14-5-23-41(50)42-24-6-15-33-51(42)58/h1-36H. The maximum Gasteiger partial charge on any atom is 0.249 e. The van der Waals surface area contributed by atoms with Crippen molar-refractivity contribution in [2.45, 2.75) is 0 Å². The maximum absolute atomic E-state index is 2.49. The normalized spacial score (nSPS) is 11.8. The van der Waals surface area contributed by atoms with Gasteiger partial charge in [-0.2, -0.15) is 0 Å². The molecule has 0 saturated carbocycles. The second-order valence-electron chi connectivity index (χ2n) is 15.2. The van der Waals surface area contributed by atoms with Crippen LogP contribution in [-0.2, 0) is 0 Å². The number of rotatable bonds is 6. The maximum atomic E-state index is 2.49. The number of hydrogen-bond acceptors (Lipinski definition) is 0. The first kappa shape index (κ1) is 32.7. The van der Waals surface area contributed by atoms with E-state index in [1.807, 2.05) is 0 Å². The number of fused-ring (bicyclic) bond motifs is 9. The van der Waals surface area contributed by atoms with Crippen LogP contribution in [0, 0.1) is 0 Å². The Labute approximate surface area is 336 Å². The molecule has 0 bridgehead atoms. The molecule has 3 aromatic heterocycles. The van der Waals surface area contributed by atoms with Gasteiger partial charge in [-0.1, -0.05) is 164 Å². The Bertz CT molecular complexity index is 3010. The molecule has 0 amide bonds. The molecular weight excluding hydrogens is 701 g/mol. The van der Waals surface area contributed by atoms with Gasteiger partial charge in [0.05, 0.1) is 33.1 Å². The molecule has 0 atom stereocenters. The first-order valence-electron chi connectivity index (χ1n) is 20.1. The zero-order chi connectivity index (χ0) is 38.2. The van der Waals surface area contributed by atoms with Gasteiger partial charge in [-0.05, 0) is 71.0 Å². The Morgan fingerprint density at radius 3 is 0.638 bits per heavy atom. The molecule has 3 nitrogen and oxygen atoms in total. The molecule has 12 rings (SSSR count). The van der Waals surface area contributed by atoms with Crippen LogP contribution in [0.4, 0.5) is 0 Å². The van der Waals surface area contributed by atoms with Crippen LogP contribution >= 0.6 is 0 Å². The SMILES string of the molecule is c1ccc(-n2c3ccccc3c3ccccc32)c(B(c2ccccc2-n2c3ccccc3c3ccccc32)c2ccccc2-n2c3ccccc3c3ccccc32)c1. The highest BCUT2D eigenvalue weighted by Crippen LogP contribution is 2.35. The van der Waals surface area contributed by atoms with Crippen molar-refractivity contribution in [2.75, 3.05) is 0 Å². The summed E-state index contributed by atoms with van der Waals surface area (Å²) in [4.78, 5) is 0. The number of aromatic nitrogens is 3. The molecule has 58 heavy (non-hydrogen) atoms. The zero-order valence-electron chi connectivity index (χ0n) is 31.7. The summed E-state index contributed by atoms with van der Waals surface area (Å²) >= 11 is 0. The van der Waals surface area contributed by atoms with Crippen molar-refractivity contribution in [3.05, 3.63) is 218 Å². The molecule has 0 N–H and O–H groups in total. The fourth-order valence-electron chi connectivity index (χ4n) is 9.85. The summed E-state index contributed by atoms with van der Waals surface area (Å²) in [5.41, 5.74) is 14.4. The number of benzene rings is 9. The van der Waals surface area contributed by atoms with Gasteiger partial charge in [0.1, 0.15) is 0 Å². The zero-order valence-corrected chi connectivity index (χ0v) is 31.7. The molecule has 0 saturated heterocycles. The van der Waals surface area contributed by atoms with E-state index in [1.54, 1.807) is 0 Å². The largest absolute Gasteiger partial charge is 0.310 e. The highest BCUT2D eigenvalue weighted by atomic mass is 15.0. The number of para-hydroxylation sites is 9. The molecule has 0 aliphatic rings. The van der Waals surface area contributed by atoms with E-state index in [4.69, 9.17) is 0 Å². The van der Waals surface area contributed by atoms with E-state index in [-0.39, 0.29) is 6.71 Å². The van der Waals surface area contributed by atoms with Gasteiger partial charge in [0.2, 0.25) is 6.71 Å². The molecule has 0 unspecified atom stereocenters. The van der Waals surface area contributed by atoms with Crippen molar-refractivity contribution < 1.29 is 0 Å². The van der Waals surface area contributed by atoms with Crippen LogP contribution in [-0.4, -0.2) is 20.4 Å². The third-order valence-corrected chi connectivity index (χ3v) is 12.2. The summed E-state index contributed by atoms with van der Waals surface area (Å²) in [5.74, 6) is 0. The second-order valence-corrected chi connectivity index (χ2v) is 15.2. The van der Waals surface area contributed by atoms with Crippen LogP contribution in [0.1, 0.15) is 0 Å². The highest BCUT2D eigenvalue weighted by molar-refractivity contribution is 6.97. The van der Waals surface area contributed by atoms with Crippen LogP contribution in [0.15, 0.2) is 218 Å². The first-order valence-corrected chi connectivity index (χ1v) is 20.1. The van der Waals surface area contributed by atoms with E-state index >= 15 is 0 Å². The van der Waals surface area contributed by atoms with Gasteiger partial charge in [-0.3, -0.25) is 0 Å². The van der Waals surface area contributed by atoms with Crippen molar-refractivity contribution in [3.8, 4) is 17.1 Å². The Hall–Kier alpha value is -7.56. The average molecular weight is 738 g/mol. The van der Waals surface area contributed by atoms with Crippen molar-refractivity contribution in [1.29, 1.82) is 0 Å². The molecule has 0 radical (unpaired) electrons. The van der Waals surface area contributed by atoms with Gasteiger partial charge in [-0.15, -0.1) is 0 Å². The number of nitrogens with zero attached hydrogens (tertiary/aromatic N) is 3. The van der Waals surface area contributed by atoms with E-state index in [2.05, 4.69) is 232 Å². The molecule has 0 aliphatic carbocycles. The van der Waals surface area contributed by atoms with Crippen LogP contribution in [0.3, 0.4) is 0 Å². The third-order valence-electron chi connectivity index (χ3n) is 12.2. The molecular formula is C54H36BN3. The second kappa shape index (κ2) is 13.0. The summed E-state index contributed by atoms with van der Waals surface area (Å²) < 4.78 is 7.46. The Kier molecular flexibility index (Phi) is 7.33. The van der Waals surface area contributed by atoms with Crippen molar-refractivity contribution in [1.82, 2.24) is 13.7 Å². The Morgan fingerprint density at radius 2 is 0.397 bits per heavy atom. The summed E-state index contributed by atoms with van der Waals surface area (Å²) in [6.45, 7) is -0.177. The summed E-state index contributed by atoms with van der Waals surface area (Å²) in [5, 5.41) is 7.50. The van der Waals surface area contributed by atoms with Gasteiger partial charge in [0.15, 0.2) is 0 Å². The summed E-state index contributed by atoms with van der Waals surface area (Å²) in [6.07, 6.45) is 0. The smallest absolute Gasteiger partial charge is 0.249 e. The number of hydrogen-bond donors (Lipinski definition) is 0. The summed E-state index contributed by atoms with van der Waals surface area (Å²) in [7, 11) is 0. The molecule has 270 valence electrons. The van der Waals surface area contributed by atoms with Gasteiger partial charge >= 0.3 is 0 Å². The average Bonchev–Trinajstić information content (AvgIpc) is 3.93. The predicted molar refractivity (Wildman–Crippen MR) is 247 cm³/mol. The molecule has 0 fully saturated rings.